The third-order valence-corrected chi connectivity index (χ3v) is 10.1. The predicted molar refractivity (Wildman–Crippen MR) is 141 cm³/mol. The highest BCUT2D eigenvalue weighted by Gasteiger charge is 2.44. The maximum absolute atomic E-state index is 13.1. The van der Waals surface area contributed by atoms with E-state index in [1.54, 1.807) is 13.8 Å². The van der Waals surface area contributed by atoms with Gasteiger partial charge in [-0.25, -0.2) is 9.59 Å². The van der Waals surface area contributed by atoms with Gasteiger partial charge in [0.1, 0.15) is 0 Å². The van der Waals surface area contributed by atoms with Crippen LogP contribution in [0.15, 0.2) is 48.5 Å². The van der Waals surface area contributed by atoms with E-state index in [1.807, 2.05) is 30.3 Å². The quantitative estimate of drug-likeness (QED) is 0.160. The Balaban J connectivity index is 1.90. The van der Waals surface area contributed by atoms with Gasteiger partial charge in [-0.1, -0.05) is 79.3 Å². The van der Waals surface area contributed by atoms with Crippen LogP contribution in [0, 0.1) is 0 Å². The molecule has 0 fully saturated rings. The molecule has 5 nitrogen and oxygen atoms in total. The number of nitrogens with two attached hydrogens (primary N) is 1. The smallest absolute Gasteiger partial charge is 0.416 e. The molecule has 0 radical (unpaired) electrons. The molecule has 0 saturated heterocycles. The molecule has 0 unspecified atom stereocenters. The SMILES string of the molecule is CCOC(=O)C(N)(CCc1ccc(CCCC[Si](C)(C)c2cccc(C(F)(F)F)c2)cc1)C(=O)OCC. The minimum absolute atomic E-state index is 0.0687. The van der Waals surface area contributed by atoms with Gasteiger partial charge in [0.2, 0.25) is 5.54 Å². The molecule has 0 bridgehead atoms. The van der Waals surface area contributed by atoms with Crippen LogP contribution in [0.3, 0.4) is 0 Å². The van der Waals surface area contributed by atoms with Gasteiger partial charge in [-0.3, -0.25) is 0 Å². The Bertz CT molecular complexity index is 1020. The molecule has 0 aliphatic carbocycles. The number of alkyl halides is 3. The van der Waals surface area contributed by atoms with E-state index in [1.165, 1.54) is 12.1 Å². The number of esters is 2. The summed E-state index contributed by atoms with van der Waals surface area (Å²) in [4.78, 5) is 24.7. The minimum Gasteiger partial charge on any atom is -0.464 e. The highest BCUT2D eigenvalue weighted by atomic mass is 28.3. The summed E-state index contributed by atoms with van der Waals surface area (Å²) in [5, 5.41) is 0.827. The van der Waals surface area contributed by atoms with Crippen LogP contribution in [-0.2, 0) is 38.1 Å². The van der Waals surface area contributed by atoms with Gasteiger partial charge in [-0.15, -0.1) is 0 Å². The van der Waals surface area contributed by atoms with Crippen LogP contribution in [0.4, 0.5) is 13.2 Å². The van der Waals surface area contributed by atoms with E-state index in [2.05, 4.69) is 13.1 Å². The van der Waals surface area contributed by atoms with Gasteiger partial charge < -0.3 is 15.2 Å². The van der Waals surface area contributed by atoms with Crippen molar-refractivity contribution >= 4 is 25.2 Å². The number of carbonyl (C=O) groups is 2. The number of ether oxygens (including phenoxy) is 2. The summed E-state index contributed by atoms with van der Waals surface area (Å²) < 4.78 is 49.3. The Morgan fingerprint density at radius 1 is 0.865 bits per heavy atom. The Morgan fingerprint density at radius 2 is 1.41 bits per heavy atom. The number of rotatable bonds is 13. The van der Waals surface area contributed by atoms with Crippen LogP contribution in [0.5, 0.6) is 0 Å². The van der Waals surface area contributed by atoms with E-state index in [0.29, 0.717) is 6.42 Å². The average Bonchev–Trinajstić information content (AvgIpc) is 2.85. The van der Waals surface area contributed by atoms with Crippen LogP contribution < -0.4 is 10.9 Å². The monoisotopic (exact) mass is 537 g/mol. The lowest BCUT2D eigenvalue weighted by Crippen LogP contribution is -2.57. The molecule has 2 aromatic rings. The molecule has 37 heavy (non-hydrogen) atoms. The normalized spacial score (nSPS) is 12.3. The van der Waals surface area contributed by atoms with Gasteiger partial charge >= 0.3 is 18.1 Å². The lowest BCUT2D eigenvalue weighted by molar-refractivity contribution is -0.164. The van der Waals surface area contributed by atoms with E-state index in [0.717, 1.165) is 47.7 Å². The summed E-state index contributed by atoms with van der Waals surface area (Å²) in [5.74, 6) is -1.58. The van der Waals surface area contributed by atoms with Crippen molar-refractivity contribution in [2.75, 3.05) is 13.2 Å². The average molecular weight is 538 g/mol. The fourth-order valence-electron chi connectivity index (χ4n) is 4.18. The molecule has 0 spiro atoms. The first-order valence-electron chi connectivity index (χ1n) is 12.7. The topological polar surface area (TPSA) is 78.6 Å². The third kappa shape index (κ3) is 8.71. The van der Waals surface area contributed by atoms with Crippen molar-refractivity contribution in [1.82, 2.24) is 0 Å². The van der Waals surface area contributed by atoms with Crippen molar-refractivity contribution in [3.05, 3.63) is 65.2 Å². The molecule has 0 amide bonds. The van der Waals surface area contributed by atoms with Crippen molar-refractivity contribution in [3.63, 3.8) is 0 Å². The molecule has 0 aromatic heterocycles. The fraction of sp³-hybridized carbons (Fsp3) is 0.500. The first-order chi connectivity index (χ1) is 17.3. The zero-order valence-corrected chi connectivity index (χ0v) is 23.1. The van der Waals surface area contributed by atoms with Gasteiger partial charge in [0.25, 0.3) is 0 Å². The van der Waals surface area contributed by atoms with Crippen LogP contribution in [0.25, 0.3) is 0 Å². The zero-order valence-electron chi connectivity index (χ0n) is 22.1. The number of hydrogen-bond donors (Lipinski definition) is 1. The Morgan fingerprint density at radius 3 is 1.92 bits per heavy atom. The largest absolute Gasteiger partial charge is 0.464 e. The molecule has 2 rings (SSSR count). The Hall–Kier alpha value is -2.65. The number of hydrogen-bond acceptors (Lipinski definition) is 5. The van der Waals surface area contributed by atoms with Crippen molar-refractivity contribution < 1.29 is 32.2 Å². The van der Waals surface area contributed by atoms with E-state index >= 15 is 0 Å². The van der Waals surface area contributed by atoms with Crippen molar-refractivity contribution in [1.29, 1.82) is 0 Å². The summed E-state index contributed by atoms with van der Waals surface area (Å²) >= 11 is 0. The van der Waals surface area contributed by atoms with Gasteiger partial charge in [-0.2, -0.15) is 13.2 Å². The maximum atomic E-state index is 13.1. The van der Waals surface area contributed by atoms with Crippen molar-refractivity contribution in [3.8, 4) is 0 Å². The zero-order chi connectivity index (χ0) is 27.7. The van der Waals surface area contributed by atoms with Crippen molar-refractivity contribution in [2.24, 2.45) is 5.73 Å². The molecule has 9 heteroatoms. The second-order valence-corrected chi connectivity index (χ2v) is 14.7. The number of carbonyl (C=O) groups excluding carboxylic acids is 2. The summed E-state index contributed by atoms with van der Waals surface area (Å²) in [7, 11) is -1.98. The van der Waals surface area contributed by atoms with Gasteiger partial charge in [0.15, 0.2) is 0 Å². The number of halogens is 3. The van der Waals surface area contributed by atoms with Gasteiger partial charge in [0, 0.05) is 0 Å². The molecule has 0 aliphatic heterocycles. The maximum Gasteiger partial charge on any atom is 0.416 e. The molecule has 0 aliphatic rings. The van der Waals surface area contributed by atoms with E-state index in [9.17, 15) is 22.8 Å². The highest BCUT2D eigenvalue weighted by molar-refractivity contribution is 6.89. The fourth-order valence-corrected chi connectivity index (χ4v) is 6.69. The minimum atomic E-state index is -4.32. The molecule has 204 valence electrons. The van der Waals surface area contributed by atoms with Crippen LogP contribution in [0.1, 0.15) is 49.8 Å². The molecule has 2 N–H and O–H groups in total. The second-order valence-electron chi connectivity index (χ2n) is 9.90. The van der Waals surface area contributed by atoms with Crippen LogP contribution >= 0.6 is 0 Å². The number of benzene rings is 2. The van der Waals surface area contributed by atoms with Crippen molar-refractivity contribution in [2.45, 2.75) is 76.8 Å². The van der Waals surface area contributed by atoms with Crippen LogP contribution in [0.2, 0.25) is 19.1 Å². The Labute approximate surface area is 218 Å². The lowest BCUT2D eigenvalue weighted by atomic mass is 9.91. The lowest BCUT2D eigenvalue weighted by Gasteiger charge is -2.24. The van der Waals surface area contributed by atoms with Gasteiger partial charge in [0.05, 0.1) is 26.9 Å². The van der Waals surface area contributed by atoms with E-state index in [-0.39, 0.29) is 19.6 Å². The Kier molecular flexibility index (Phi) is 10.9. The first kappa shape index (κ1) is 30.6. The summed E-state index contributed by atoms with van der Waals surface area (Å²) in [6.45, 7) is 7.76. The second kappa shape index (κ2) is 13.2. The molecule has 0 saturated carbocycles. The number of unbranched alkanes of at least 4 members (excludes halogenated alkanes) is 1. The third-order valence-electron chi connectivity index (χ3n) is 6.60. The first-order valence-corrected chi connectivity index (χ1v) is 15.9. The molecule has 0 atom stereocenters. The predicted octanol–water partition coefficient (Wildman–Crippen LogP) is 5.40. The number of aryl methyl sites for hydroxylation is 2. The molecular weight excluding hydrogens is 499 g/mol. The molecular formula is C28H38F3NO4Si. The van der Waals surface area contributed by atoms with Gasteiger partial charge in [-0.05, 0) is 50.7 Å². The molecule has 0 heterocycles. The highest BCUT2D eigenvalue weighted by Crippen LogP contribution is 2.29. The van der Waals surface area contributed by atoms with E-state index in [4.69, 9.17) is 15.2 Å². The van der Waals surface area contributed by atoms with E-state index < -0.39 is 37.3 Å². The summed E-state index contributed by atoms with van der Waals surface area (Å²) in [6, 6.07) is 14.6. The molecule has 2 aromatic carbocycles. The standard InChI is InChI=1S/C28H38F3NO4Si/c1-5-35-25(33)27(32,26(34)36-6-2)18-17-22-15-13-21(14-16-22)10-7-8-19-37(3,4)24-12-9-11-23(20-24)28(29,30)31/h9,11-16,20H,5-8,10,17-19,32H2,1-4H3. The summed E-state index contributed by atoms with van der Waals surface area (Å²) in [6.07, 6.45) is -1.11. The summed E-state index contributed by atoms with van der Waals surface area (Å²) in [5.41, 5.74) is 5.78. The van der Waals surface area contributed by atoms with Crippen LogP contribution in [-0.4, -0.2) is 38.8 Å².